The van der Waals surface area contributed by atoms with Gasteiger partial charge in [0.2, 0.25) is 0 Å². The quantitative estimate of drug-likeness (QED) is 0.196. The van der Waals surface area contributed by atoms with Crippen molar-refractivity contribution in [3.63, 3.8) is 0 Å². The van der Waals surface area contributed by atoms with E-state index in [9.17, 15) is 0 Å². The van der Waals surface area contributed by atoms with E-state index in [1.807, 2.05) is 12.2 Å². The van der Waals surface area contributed by atoms with Crippen LogP contribution in [-0.4, -0.2) is 3.21 Å². The van der Waals surface area contributed by atoms with Gasteiger partial charge in [0, 0.05) is 0 Å². The van der Waals surface area contributed by atoms with E-state index in [1.165, 1.54) is 70.2 Å². The van der Waals surface area contributed by atoms with E-state index in [2.05, 4.69) is 109 Å². The van der Waals surface area contributed by atoms with Gasteiger partial charge >= 0.3 is 53.1 Å². The van der Waals surface area contributed by atoms with Crippen LogP contribution in [0.25, 0.3) is 33.4 Å². The fraction of sp³-hybridized carbons (Fsp3) is 0.171. The van der Waals surface area contributed by atoms with Crippen molar-refractivity contribution in [2.45, 2.75) is 38.5 Å². The molecular formula is C35H30Zr. The zero-order chi connectivity index (χ0) is 24.6. The Morgan fingerprint density at radius 3 is 1.89 bits per heavy atom. The van der Waals surface area contributed by atoms with Gasteiger partial charge in [-0.3, -0.25) is 6.08 Å². The van der Waals surface area contributed by atoms with Gasteiger partial charge in [0.15, 0.2) is 0 Å². The maximum absolute atomic E-state index is 3.52. The number of rotatable bonds is 2. The van der Waals surface area contributed by atoms with Gasteiger partial charge in [-0.2, -0.15) is 29.8 Å². The minimum Gasteiger partial charge on any atom is -0.179 e. The zero-order valence-electron chi connectivity index (χ0n) is 20.6. The summed E-state index contributed by atoms with van der Waals surface area (Å²) in [6, 6.07) is 35.9. The summed E-state index contributed by atoms with van der Waals surface area (Å²) in [4.78, 5) is 0. The van der Waals surface area contributed by atoms with Crippen LogP contribution in [0.1, 0.15) is 43.2 Å². The SMILES string of the molecule is [C-]1=CC=CC1.[Zr+2]=[C]1CCCC1.[c-]1cc(-c2ccccc2)cc2c1Cc1ccc(-c3ccccc3)cc1-2. The molecule has 7 rings (SSSR count). The van der Waals surface area contributed by atoms with Gasteiger partial charge in [0.1, 0.15) is 0 Å². The fourth-order valence-electron chi connectivity index (χ4n) is 4.83. The molecule has 36 heavy (non-hydrogen) atoms. The monoisotopic (exact) mass is 540 g/mol. The number of fused-ring (bicyclic) bond motifs is 3. The van der Waals surface area contributed by atoms with E-state index in [-0.39, 0.29) is 0 Å². The maximum Gasteiger partial charge on any atom is -0.0184 e. The minimum absolute atomic E-state index is 0.981. The second-order valence-electron chi connectivity index (χ2n) is 9.38. The van der Waals surface area contributed by atoms with Crippen LogP contribution >= 0.6 is 0 Å². The molecule has 0 heterocycles. The van der Waals surface area contributed by atoms with Crippen molar-refractivity contribution in [2.24, 2.45) is 0 Å². The summed E-state index contributed by atoms with van der Waals surface area (Å²) in [5.74, 6) is 0. The fourth-order valence-corrected chi connectivity index (χ4v) is 5.70. The van der Waals surface area contributed by atoms with Crippen LogP contribution in [0.15, 0.2) is 109 Å². The molecule has 3 aliphatic rings. The Balaban J connectivity index is 0.000000200. The second-order valence-corrected chi connectivity index (χ2v) is 11.1. The normalized spacial score (nSPS) is 14.4. The van der Waals surface area contributed by atoms with Gasteiger partial charge < -0.3 is 0 Å². The Hall–Kier alpha value is -2.89. The molecule has 0 N–H and O–H groups in total. The van der Waals surface area contributed by atoms with Gasteiger partial charge in [-0.15, -0.1) is 17.5 Å². The predicted octanol–water partition coefficient (Wildman–Crippen LogP) is 8.98. The molecule has 0 radical (unpaired) electrons. The topological polar surface area (TPSA) is 0 Å². The van der Waals surface area contributed by atoms with E-state index in [1.54, 1.807) is 27.4 Å². The van der Waals surface area contributed by atoms with E-state index in [0.717, 1.165) is 12.8 Å². The molecule has 0 aromatic heterocycles. The molecule has 0 amide bonds. The zero-order valence-corrected chi connectivity index (χ0v) is 23.1. The molecule has 3 aliphatic carbocycles. The molecule has 0 unspecified atom stereocenters. The molecule has 0 nitrogen and oxygen atoms in total. The van der Waals surface area contributed by atoms with Gasteiger partial charge in [0.05, 0.1) is 0 Å². The van der Waals surface area contributed by atoms with Crippen molar-refractivity contribution in [3.8, 4) is 33.4 Å². The van der Waals surface area contributed by atoms with E-state index >= 15 is 0 Å². The third-order valence-electron chi connectivity index (χ3n) is 6.80. The molecule has 1 fully saturated rings. The van der Waals surface area contributed by atoms with Crippen LogP contribution in [0.5, 0.6) is 0 Å². The van der Waals surface area contributed by atoms with Crippen molar-refractivity contribution < 1.29 is 24.2 Å². The standard InChI is InChI=1S/C25H17.C5H8.C5H5.Zr/c1-3-7-18(8-4-1)20-11-13-22-15-23-14-12-21(17-25(23)24(22)16-20)19-9-5-2-6-10-19;2*1-2-4-5-3-1;/h1-13,16-17H,15H2;1-4H2;1-3H,4H2;/q-1;;-1;+2. The molecule has 4 aromatic rings. The maximum atomic E-state index is 3.52. The summed E-state index contributed by atoms with van der Waals surface area (Å²) in [5, 5.41) is 0. The van der Waals surface area contributed by atoms with Crippen LogP contribution in [0.3, 0.4) is 0 Å². The Kier molecular flexibility index (Phi) is 8.52. The first-order valence-electron chi connectivity index (χ1n) is 12.8. The third-order valence-corrected chi connectivity index (χ3v) is 8.03. The molecule has 4 aromatic carbocycles. The Bertz CT molecular complexity index is 1270. The van der Waals surface area contributed by atoms with Crippen LogP contribution in [0.4, 0.5) is 0 Å². The number of hydrogen-bond acceptors (Lipinski definition) is 0. The van der Waals surface area contributed by atoms with Crippen molar-refractivity contribution in [1.29, 1.82) is 0 Å². The van der Waals surface area contributed by atoms with Crippen molar-refractivity contribution >= 4 is 3.21 Å². The Morgan fingerprint density at radius 1 is 0.667 bits per heavy atom. The molecule has 1 heteroatoms. The Labute approximate surface area is 230 Å². The second kappa shape index (κ2) is 12.4. The summed E-state index contributed by atoms with van der Waals surface area (Å²) in [6.45, 7) is 0. The molecule has 0 aliphatic heterocycles. The molecule has 0 bridgehead atoms. The van der Waals surface area contributed by atoms with Gasteiger partial charge in [-0.1, -0.05) is 95.6 Å². The van der Waals surface area contributed by atoms with Gasteiger partial charge in [-0.25, -0.2) is 12.2 Å². The largest absolute Gasteiger partial charge is 0.179 e. The third kappa shape index (κ3) is 6.26. The molecule has 0 atom stereocenters. The van der Waals surface area contributed by atoms with Gasteiger partial charge in [0.25, 0.3) is 0 Å². The summed E-state index contributed by atoms with van der Waals surface area (Å²) in [6.07, 6.45) is 16.8. The molecule has 0 spiro atoms. The summed E-state index contributed by atoms with van der Waals surface area (Å²) < 4.78 is 1.79. The molecule has 1 saturated carbocycles. The number of allylic oxidation sites excluding steroid dienone is 4. The van der Waals surface area contributed by atoms with Crippen molar-refractivity contribution in [3.05, 3.63) is 132 Å². The molecule has 0 saturated heterocycles. The average molecular weight is 542 g/mol. The smallest absolute Gasteiger partial charge is 0.0184 e. The average Bonchev–Trinajstić information content (AvgIpc) is 3.73. The van der Waals surface area contributed by atoms with Crippen LogP contribution in [0.2, 0.25) is 0 Å². The summed E-state index contributed by atoms with van der Waals surface area (Å²) in [5.41, 5.74) is 10.4. The summed E-state index contributed by atoms with van der Waals surface area (Å²) in [7, 11) is 0. The summed E-state index contributed by atoms with van der Waals surface area (Å²) >= 11 is 1.68. The van der Waals surface area contributed by atoms with Crippen LogP contribution in [-0.2, 0) is 30.7 Å². The van der Waals surface area contributed by atoms with Crippen molar-refractivity contribution in [1.82, 2.24) is 0 Å². The number of hydrogen-bond donors (Lipinski definition) is 0. The van der Waals surface area contributed by atoms with Crippen LogP contribution in [0, 0.1) is 12.1 Å². The molecular weight excluding hydrogens is 512 g/mol. The van der Waals surface area contributed by atoms with Crippen molar-refractivity contribution in [2.75, 3.05) is 0 Å². The first-order valence-corrected chi connectivity index (χ1v) is 14.1. The van der Waals surface area contributed by atoms with E-state index in [0.29, 0.717) is 0 Å². The van der Waals surface area contributed by atoms with E-state index in [4.69, 9.17) is 0 Å². The minimum atomic E-state index is 0.981. The molecule has 174 valence electrons. The predicted molar refractivity (Wildman–Crippen MR) is 149 cm³/mol. The first-order chi connectivity index (χ1) is 17.8. The first kappa shape index (κ1) is 24.8. The van der Waals surface area contributed by atoms with E-state index < -0.39 is 0 Å². The Morgan fingerprint density at radius 2 is 1.33 bits per heavy atom. The van der Waals surface area contributed by atoms with Gasteiger partial charge in [-0.05, 0) is 17.5 Å². The number of benzene rings is 4. The van der Waals surface area contributed by atoms with Crippen LogP contribution < -0.4 is 0 Å².